The highest BCUT2D eigenvalue weighted by atomic mass is 16.5. The van der Waals surface area contributed by atoms with E-state index in [0.717, 1.165) is 17.7 Å². The van der Waals surface area contributed by atoms with Gasteiger partial charge in [-0.3, -0.25) is 0 Å². The Hall–Kier alpha value is -2.16. The SMILES string of the molecule is Nc1ccc(CCOc2ccccc2O)cc1. The lowest BCUT2D eigenvalue weighted by molar-refractivity contribution is 0.303. The number of rotatable bonds is 4. The van der Waals surface area contributed by atoms with Crippen molar-refractivity contribution in [2.24, 2.45) is 0 Å². The number of phenols is 1. The van der Waals surface area contributed by atoms with Crippen LogP contribution in [0.15, 0.2) is 48.5 Å². The molecule has 2 aromatic rings. The molecule has 0 aromatic heterocycles. The van der Waals surface area contributed by atoms with Crippen LogP contribution >= 0.6 is 0 Å². The molecule has 0 aliphatic carbocycles. The number of phenolic OH excluding ortho intramolecular Hbond substituents is 1. The Balaban J connectivity index is 1.88. The zero-order valence-corrected chi connectivity index (χ0v) is 9.47. The van der Waals surface area contributed by atoms with Crippen molar-refractivity contribution in [3.63, 3.8) is 0 Å². The molecule has 3 heteroatoms. The average Bonchev–Trinajstić information content (AvgIpc) is 2.34. The molecule has 0 radical (unpaired) electrons. The molecule has 0 saturated carbocycles. The minimum Gasteiger partial charge on any atom is -0.504 e. The van der Waals surface area contributed by atoms with Gasteiger partial charge in [-0.1, -0.05) is 24.3 Å². The van der Waals surface area contributed by atoms with E-state index in [4.69, 9.17) is 10.5 Å². The predicted octanol–water partition coefficient (Wildman–Crippen LogP) is 2.60. The summed E-state index contributed by atoms with van der Waals surface area (Å²) in [7, 11) is 0. The van der Waals surface area contributed by atoms with Crippen LogP contribution in [0.1, 0.15) is 5.56 Å². The number of anilines is 1. The number of para-hydroxylation sites is 2. The quantitative estimate of drug-likeness (QED) is 0.792. The van der Waals surface area contributed by atoms with Gasteiger partial charge in [-0.05, 0) is 29.8 Å². The zero-order valence-electron chi connectivity index (χ0n) is 9.47. The molecule has 2 rings (SSSR count). The number of hydrogen-bond donors (Lipinski definition) is 2. The first-order chi connectivity index (χ1) is 8.25. The van der Waals surface area contributed by atoms with Gasteiger partial charge in [-0.15, -0.1) is 0 Å². The first kappa shape index (κ1) is 11.3. The lowest BCUT2D eigenvalue weighted by Crippen LogP contribution is -2.01. The molecule has 0 aliphatic rings. The third-order valence-electron chi connectivity index (χ3n) is 2.49. The van der Waals surface area contributed by atoms with E-state index in [9.17, 15) is 5.11 Å². The molecule has 0 aliphatic heterocycles. The number of nitrogens with two attached hydrogens (primary N) is 1. The topological polar surface area (TPSA) is 55.5 Å². The fourth-order valence-corrected chi connectivity index (χ4v) is 1.54. The van der Waals surface area contributed by atoms with E-state index in [2.05, 4.69) is 0 Å². The van der Waals surface area contributed by atoms with E-state index in [1.165, 1.54) is 0 Å². The molecular formula is C14H15NO2. The molecule has 0 unspecified atom stereocenters. The van der Waals surface area contributed by atoms with E-state index in [0.29, 0.717) is 12.4 Å². The van der Waals surface area contributed by atoms with Crippen molar-refractivity contribution in [1.82, 2.24) is 0 Å². The number of hydrogen-bond acceptors (Lipinski definition) is 3. The van der Waals surface area contributed by atoms with Gasteiger partial charge in [0.15, 0.2) is 11.5 Å². The Morgan fingerprint density at radius 2 is 1.71 bits per heavy atom. The van der Waals surface area contributed by atoms with Crippen LogP contribution in [-0.2, 0) is 6.42 Å². The summed E-state index contributed by atoms with van der Waals surface area (Å²) in [4.78, 5) is 0. The van der Waals surface area contributed by atoms with Gasteiger partial charge in [-0.25, -0.2) is 0 Å². The van der Waals surface area contributed by atoms with E-state index < -0.39 is 0 Å². The second kappa shape index (κ2) is 5.25. The van der Waals surface area contributed by atoms with Gasteiger partial charge < -0.3 is 15.6 Å². The molecule has 17 heavy (non-hydrogen) atoms. The van der Waals surface area contributed by atoms with Crippen molar-refractivity contribution in [1.29, 1.82) is 0 Å². The highest BCUT2D eigenvalue weighted by Crippen LogP contribution is 2.24. The van der Waals surface area contributed by atoms with Crippen LogP contribution < -0.4 is 10.5 Å². The highest BCUT2D eigenvalue weighted by Gasteiger charge is 2.00. The van der Waals surface area contributed by atoms with Crippen LogP contribution in [0.25, 0.3) is 0 Å². The summed E-state index contributed by atoms with van der Waals surface area (Å²) in [6.07, 6.45) is 0.786. The molecule has 0 spiro atoms. The number of ether oxygens (including phenoxy) is 1. The maximum absolute atomic E-state index is 9.50. The Morgan fingerprint density at radius 3 is 2.41 bits per heavy atom. The van der Waals surface area contributed by atoms with Gasteiger partial charge in [0.2, 0.25) is 0 Å². The summed E-state index contributed by atoms with van der Waals surface area (Å²) < 4.78 is 5.49. The third kappa shape index (κ3) is 3.14. The van der Waals surface area contributed by atoms with Crippen molar-refractivity contribution < 1.29 is 9.84 Å². The van der Waals surface area contributed by atoms with E-state index in [1.807, 2.05) is 30.3 Å². The van der Waals surface area contributed by atoms with Gasteiger partial charge >= 0.3 is 0 Å². The van der Waals surface area contributed by atoms with Crippen molar-refractivity contribution in [3.05, 3.63) is 54.1 Å². The summed E-state index contributed by atoms with van der Waals surface area (Å²) in [5.41, 5.74) is 7.52. The maximum atomic E-state index is 9.50. The van der Waals surface area contributed by atoms with Crippen molar-refractivity contribution in [3.8, 4) is 11.5 Å². The second-order valence-corrected chi connectivity index (χ2v) is 3.81. The monoisotopic (exact) mass is 229 g/mol. The molecule has 3 nitrogen and oxygen atoms in total. The Kier molecular flexibility index (Phi) is 3.50. The normalized spacial score (nSPS) is 10.1. The van der Waals surface area contributed by atoms with E-state index in [1.54, 1.807) is 18.2 Å². The number of benzene rings is 2. The molecule has 3 N–H and O–H groups in total. The first-order valence-electron chi connectivity index (χ1n) is 5.51. The molecule has 0 atom stereocenters. The highest BCUT2D eigenvalue weighted by molar-refractivity contribution is 5.40. The number of nitrogen functional groups attached to an aromatic ring is 1. The Bertz CT molecular complexity index is 480. The van der Waals surface area contributed by atoms with Gasteiger partial charge in [0.25, 0.3) is 0 Å². The largest absolute Gasteiger partial charge is 0.504 e. The maximum Gasteiger partial charge on any atom is 0.160 e. The molecule has 2 aromatic carbocycles. The lowest BCUT2D eigenvalue weighted by atomic mass is 10.1. The van der Waals surface area contributed by atoms with E-state index in [-0.39, 0.29) is 5.75 Å². The standard InChI is InChI=1S/C14H15NO2/c15-12-7-5-11(6-8-12)9-10-17-14-4-2-1-3-13(14)16/h1-8,16H,9-10,15H2. The second-order valence-electron chi connectivity index (χ2n) is 3.81. The number of aromatic hydroxyl groups is 1. The van der Waals surface area contributed by atoms with Crippen LogP contribution in [0.3, 0.4) is 0 Å². The van der Waals surface area contributed by atoms with Crippen molar-refractivity contribution in [2.75, 3.05) is 12.3 Å². The van der Waals surface area contributed by atoms with Crippen LogP contribution in [0.5, 0.6) is 11.5 Å². The van der Waals surface area contributed by atoms with Gasteiger partial charge in [0, 0.05) is 12.1 Å². The average molecular weight is 229 g/mol. The molecule has 88 valence electrons. The summed E-state index contributed by atoms with van der Waals surface area (Å²) in [5, 5.41) is 9.50. The van der Waals surface area contributed by atoms with Crippen LogP contribution in [-0.4, -0.2) is 11.7 Å². The predicted molar refractivity (Wildman–Crippen MR) is 68.2 cm³/mol. The van der Waals surface area contributed by atoms with Crippen LogP contribution in [0, 0.1) is 0 Å². The minimum absolute atomic E-state index is 0.171. The minimum atomic E-state index is 0.171. The van der Waals surface area contributed by atoms with E-state index >= 15 is 0 Å². The summed E-state index contributed by atoms with van der Waals surface area (Å²) >= 11 is 0. The van der Waals surface area contributed by atoms with Crippen molar-refractivity contribution in [2.45, 2.75) is 6.42 Å². The fraction of sp³-hybridized carbons (Fsp3) is 0.143. The summed E-state index contributed by atoms with van der Waals surface area (Å²) in [6, 6.07) is 14.6. The smallest absolute Gasteiger partial charge is 0.160 e. The van der Waals surface area contributed by atoms with Gasteiger partial charge in [0.05, 0.1) is 6.61 Å². The molecule has 0 saturated heterocycles. The molecule has 0 amide bonds. The molecule has 0 fully saturated rings. The third-order valence-corrected chi connectivity index (χ3v) is 2.49. The fourth-order valence-electron chi connectivity index (χ4n) is 1.54. The molecule has 0 heterocycles. The molecular weight excluding hydrogens is 214 g/mol. The van der Waals surface area contributed by atoms with Gasteiger partial charge in [0.1, 0.15) is 0 Å². The van der Waals surface area contributed by atoms with Gasteiger partial charge in [-0.2, -0.15) is 0 Å². The van der Waals surface area contributed by atoms with Crippen LogP contribution in [0.2, 0.25) is 0 Å². The van der Waals surface area contributed by atoms with Crippen LogP contribution in [0.4, 0.5) is 5.69 Å². The molecule has 0 bridgehead atoms. The first-order valence-corrected chi connectivity index (χ1v) is 5.51. The Labute approximate surface area is 100 Å². The Morgan fingerprint density at radius 1 is 1.00 bits per heavy atom. The zero-order chi connectivity index (χ0) is 12.1. The lowest BCUT2D eigenvalue weighted by Gasteiger charge is -2.07. The summed E-state index contributed by atoms with van der Waals surface area (Å²) in [6.45, 7) is 0.529. The van der Waals surface area contributed by atoms with Crippen molar-refractivity contribution >= 4 is 5.69 Å². The summed E-state index contributed by atoms with van der Waals surface area (Å²) in [5.74, 6) is 0.688.